The van der Waals surface area contributed by atoms with Gasteiger partial charge in [0.05, 0.1) is 4.90 Å². The maximum atomic E-state index is 11.5. The summed E-state index contributed by atoms with van der Waals surface area (Å²) in [5, 5.41) is 7.14. The average molecular weight is 342 g/mol. The van der Waals surface area contributed by atoms with E-state index in [4.69, 9.17) is 0 Å². The van der Waals surface area contributed by atoms with Gasteiger partial charge in [0.15, 0.2) is 0 Å². The lowest BCUT2D eigenvalue weighted by Gasteiger charge is -2.11. The second-order valence-electron chi connectivity index (χ2n) is 5.34. The third-order valence-corrected chi connectivity index (χ3v) is 4.73. The summed E-state index contributed by atoms with van der Waals surface area (Å²) in [4.78, 5) is 10.8. The fourth-order valence-electron chi connectivity index (χ4n) is 2.62. The molecule has 24 heavy (non-hydrogen) atoms. The number of fused-ring (bicyclic) bond motifs is 1. The SMILES string of the molecule is Cc1c(S(=O)(=O)O)cc2cc(Nc3ccccc3)ccc2c1N=O. The summed E-state index contributed by atoms with van der Waals surface area (Å²) in [7, 11) is -4.45. The van der Waals surface area contributed by atoms with Crippen molar-refractivity contribution in [3.63, 3.8) is 0 Å². The summed E-state index contributed by atoms with van der Waals surface area (Å²) in [6.45, 7) is 1.44. The van der Waals surface area contributed by atoms with Crippen LogP contribution in [0.4, 0.5) is 17.1 Å². The van der Waals surface area contributed by atoms with Crippen molar-refractivity contribution in [1.29, 1.82) is 0 Å². The third-order valence-electron chi connectivity index (χ3n) is 3.75. The molecule has 0 aliphatic carbocycles. The molecule has 0 radical (unpaired) electrons. The van der Waals surface area contributed by atoms with Crippen LogP contribution in [0.25, 0.3) is 10.8 Å². The van der Waals surface area contributed by atoms with Gasteiger partial charge in [0.25, 0.3) is 10.1 Å². The highest BCUT2D eigenvalue weighted by molar-refractivity contribution is 7.85. The van der Waals surface area contributed by atoms with Crippen molar-refractivity contribution in [2.75, 3.05) is 5.32 Å². The van der Waals surface area contributed by atoms with Crippen molar-refractivity contribution >= 4 is 38.0 Å². The number of rotatable bonds is 4. The van der Waals surface area contributed by atoms with Gasteiger partial charge >= 0.3 is 0 Å². The van der Waals surface area contributed by atoms with E-state index in [0.29, 0.717) is 10.8 Å². The van der Waals surface area contributed by atoms with Crippen LogP contribution < -0.4 is 5.32 Å². The quantitative estimate of drug-likeness (QED) is 0.536. The van der Waals surface area contributed by atoms with E-state index in [1.807, 2.05) is 30.3 Å². The molecule has 3 aromatic rings. The van der Waals surface area contributed by atoms with Crippen LogP contribution in [0.3, 0.4) is 0 Å². The summed E-state index contributed by atoms with van der Waals surface area (Å²) in [5.74, 6) is 0. The normalized spacial score (nSPS) is 11.4. The first kappa shape index (κ1) is 16.1. The van der Waals surface area contributed by atoms with Crippen molar-refractivity contribution in [2.24, 2.45) is 5.18 Å². The van der Waals surface area contributed by atoms with Crippen LogP contribution >= 0.6 is 0 Å². The first-order valence-electron chi connectivity index (χ1n) is 7.10. The molecule has 2 N–H and O–H groups in total. The van der Waals surface area contributed by atoms with Gasteiger partial charge in [0.2, 0.25) is 0 Å². The van der Waals surface area contributed by atoms with Crippen molar-refractivity contribution in [2.45, 2.75) is 11.8 Å². The van der Waals surface area contributed by atoms with E-state index in [9.17, 15) is 17.9 Å². The molecule has 3 aromatic carbocycles. The molecule has 6 nitrogen and oxygen atoms in total. The number of para-hydroxylation sites is 1. The smallest absolute Gasteiger partial charge is 0.294 e. The van der Waals surface area contributed by atoms with Gasteiger partial charge in [-0.1, -0.05) is 24.3 Å². The molecular weight excluding hydrogens is 328 g/mol. The number of benzene rings is 3. The standard InChI is InChI=1S/C17H14N2O4S/c1-11-16(24(21,22)23)10-12-9-14(7-8-15(12)17(11)19-20)18-13-5-3-2-4-6-13/h2-10,18H,1H3,(H,21,22,23). The minimum Gasteiger partial charge on any atom is -0.356 e. The zero-order valence-electron chi connectivity index (χ0n) is 12.7. The Morgan fingerprint density at radius 3 is 2.33 bits per heavy atom. The summed E-state index contributed by atoms with van der Waals surface area (Å²) in [6.07, 6.45) is 0. The van der Waals surface area contributed by atoms with Crippen LogP contribution in [0.1, 0.15) is 5.56 Å². The third kappa shape index (κ3) is 2.99. The number of hydrogen-bond acceptors (Lipinski definition) is 5. The van der Waals surface area contributed by atoms with E-state index >= 15 is 0 Å². The van der Waals surface area contributed by atoms with Crippen molar-refractivity contribution in [3.05, 3.63) is 65.1 Å². The average Bonchev–Trinajstić information content (AvgIpc) is 2.54. The van der Waals surface area contributed by atoms with Gasteiger partial charge in [-0.15, -0.1) is 4.91 Å². The molecule has 3 rings (SSSR count). The van der Waals surface area contributed by atoms with Crippen LogP contribution in [-0.4, -0.2) is 13.0 Å². The Labute approximate surface area is 138 Å². The van der Waals surface area contributed by atoms with Crippen LogP contribution in [-0.2, 0) is 10.1 Å². The molecule has 0 bridgehead atoms. The van der Waals surface area contributed by atoms with Gasteiger partial charge in [-0.25, -0.2) is 0 Å². The number of anilines is 2. The molecule has 0 aliphatic heterocycles. The Morgan fingerprint density at radius 2 is 1.71 bits per heavy atom. The van der Waals surface area contributed by atoms with E-state index in [1.165, 1.54) is 13.0 Å². The van der Waals surface area contributed by atoms with Crippen molar-refractivity contribution in [1.82, 2.24) is 0 Å². The first-order chi connectivity index (χ1) is 11.4. The summed E-state index contributed by atoms with van der Waals surface area (Å²) >= 11 is 0. The molecule has 0 atom stereocenters. The molecule has 0 aromatic heterocycles. The number of nitroso groups, excluding NO2 is 1. The molecule has 0 fully saturated rings. The monoisotopic (exact) mass is 342 g/mol. The fraction of sp³-hybridized carbons (Fsp3) is 0.0588. The van der Waals surface area contributed by atoms with E-state index in [2.05, 4.69) is 10.5 Å². The Hall–Kier alpha value is -2.77. The lowest BCUT2D eigenvalue weighted by Crippen LogP contribution is -2.01. The topological polar surface area (TPSA) is 95.8 Å². The molecule has 122 valence electrons. The van der Waals surface area contributed by atoms with Gasteiger partial charge in [0.1, 0.15) is 5.69 Å². The van der Waals surface area contributed by atoms with Crippen LogP contribution in [0.15, 0.2) is 64.7 Å². The molecule has 0 heterocycles. The lowest BCUT2D eigenvalue weighted by molar-refractivity contribution is 0.482. The number of nitrogens with one attached hydrogen (secondary N) is 1. The molecular formula is C17H14N2O4S. The highest BCUT2D eigenvalue weighted by Gasteiger charge is 2.19. The molecule has 7 heteroatoms. The second-order valence-corrected chi connectivity index (χ2v) is 6.73. The van der Waals surface area contributed by atoms with E-state index in [-0.39, 0.29) is 16.1 Å². The van der Waals surface area contributed by atoms with Crippen LogP contribution in [0, 0.1) is 11.8 Å². The van der Waals surface area contributed by atoms with Crippen molar-refractivity contribution < 1.29 is 13.0 Å². The van der Waals surface area contributed by atoms with E-state index < -0.39 is 10.1 Å². The highest BCUT2D eigenvalue weighted by atomic mass is 32.2. The maximum absolute atomic E-state index is 11.5. The first-order valence-corrected chi connectivity index (χ1v) is 8.54. The van der Waals surface area contributed by atoms with Crippen LogP contribution in [0.5, 0.6) is 0 Å². The minimum atomic E-state index is -4.45. The fourth-order valence-corrected chi connectivity index (χ4v) is 3.38. The lowest BCUT2D eigenvalue weighted by atomic mass is 10.0. The Morgan fingerprint density at radius 1 is 1.00 bits per heavy atom. The maximum Gasteiger partial charge on any atom is 0.294 e. The Bertz CT molecular complexity index is 1030. The molecule has 0 spiro atoms. The predicted molar refractivity (Wildman–Crippen MR) is 93.7 cm³/mol. The molecule has 0 amide bonds. The summed E-state index contributed by atoms with van der Waals surface area (Å²) < 4.78 is 32.4. The van der Waals surface area contributed by atoms with E-state index in [1.54, 1.807) is 18.2 Å². The van der Waals surface area contributed by atoms with Gasteiger partial charge in [-0.3, -0.25) is 4.55 Å². The highest BCUT2D eigenvalue weighted by Crippen LogP contribution is 2.36. The molecule has 0 unspecified atom stereocenters. The van der Waals surface area contributed by atoms with Gasteiger partial charge in [0, 0.05) is 16.8 Å². The second kappa shape index (κ2) is 6.03. The number of nitrogens with zero attached hydrogens (tertiary/aromatic N) is 1. The van der Waals surface area contributed by atoms with Gasteiger partial charge in [-0.05, 0) is 53.4 Å². The molecule has 0 saturated carbocycles. The van der Waals surface area contributed by atoms with Gasteiger partial charge in [-0.2, -0.15) is 8.42 Å². The van der Waals surface area contributed by atoms with Gasteiger partial charge < -0.3 is 5.32 Å². The van der Waals surface area contributed by atoms with Crippen molar-refractivity contribution in [3.8, 4) is 0 Å². The largest absolute Gasteiger partial charge is 0.356 e. The number of hydrogen-bond donors (Lipinski definition) is 2. The molecule has 0 saturated heterocycles. The van der Waals surface area contributed by atoms with Crippen LogP contribution in [0.2, 0.25) is 0 Å². The van der Waals surface area contributed by atoms with E-state index in [0.717, 1.165) is 11.4 Å². The minimum absolute atomic E-state index is 0.00591. The Kier molecular flexibility index (Phi) is 4.04. The summed E-state index contributed by atoms with van der Waals surface area (Å²) in [5.41, 5.74) is 1.72. The predicted octanol–water partition coefficient (Wildman–Crippen LogP) is 4.54. The zero-order valence-corrected chi connectivity index (χ0v) is 13.5. The molecule has 0 aliphatic rings. The summed E-state index contributed by atoms with van der Waals surface area (Å²) in [6, 6.07) is 16.0. The Balaban J connectivity index is 2.18. The zero-order chi connectivity index (χ0) is 17.3.